The molecule has 94 valence electrons. The van der Waals surface area contributed by atoms with Crippen LogP contribution >= 0.6 is 24.8 Å². The lowest BCUT2D eigenvalue weighted by Gasteiger charge is -2.43. The Labute approximate surface area is 107 Å². The summed E-state index contributed by atoms with van der Waals surface area (Å²) in [4.78, 5) is 2.45. The van der Waals surface area contributed by atoms with E-state index in [0.717, 1.165) is 0 Å². The summed E-state index contributed by atoms with van der Waals surface area (Å²) in [5.41, 5.74) is 0.501. The third-order valence-electron chi connectivity index (χ3n) is 3.48. The summed E-state index contributed by atoms with van der Waals surface area (Å²) in [5.74, 6) is 0. The average Bonchev–Trinajstić information content (AvgIpc) is 2.16. The number of piperidine rings is 1. The number of hydrogen-bond donors (Lipinski definition) is 1. The zero-order valence-corrected chi connectivity index (χ0v) is 11.8. The highest BCUT2D eigenvalue weighted by Crippen LogP contribution is 2.29. The predicted octanol–water partition coefficient (Wildman–Crippen LogP) is 2.70. The van der Waals surface area contributed by atoms with E-state index in [1.807, 2.05) is 0 Å². The van der Waals surface area contributed by atoms with E-state index in [1.165, 1.54) is 45.2 Å². The molecule has 0 unspecified atom stereocenters. The van der Waals surface area contributed by atoms with Crippen LogP contribution in [-0.2, 0) is 0 Å². The van der Waals surface area contributed by atoms with Gasteiger partial charge in [0.05, 0.1) is 0 Å². The van der Waals surface area contributed by atoms with E-state index in [-0.39, 0.29) is 24.8 Å². The molecule has 0 bridgehead atoms. The van der Waals surface area contributed by atoms with Crippen molar-refractivity contribution in [2.45, 2.75) is 44.6 Å². The maximum Gasteiger partial charge on any atom is 0.0227 e. The molecule has 15 heavy (non-hydrogen) atoms. The fraction of sp³-hybridized carbons (Fsp3) is 1.00. The van der Waals surface area contributed by atoms with Crippen LogP contribution in [0.25, 0.3) is 0 Å². The average molecular weight is 257 g/mol. The summed E-state index contributed by atoms with van der Waals surface area (Å²) in [5, 5.41) is 3.44. The van der Waals surface area contributed by atoms with Gasteiger partial charge in [0.25, 0.3) is 0 Å². The molecule has 0 radical (unpaired) electrons. The predicted molar refractivity (Wildman–Crippen MR) is 72.5 cm³/mol. The second-order valence-corrected chi connectivity index (χ2v) is 4.47. The number of nitrogens with one attached hydrogen (secondary N) is 1. The number of hydrogen-bond acceptors (Lipinski definition) is 2. The van der Waals surface area contributed by atoms with Gasteiger partial charge in [0.2, 0.25) is 0 Å². The minimum Gasteiger partial charge on any atom is -0.317 e. The standard InChI is InChI=1S/C11H24N2.2ClH/c1-4-5-6-11(13(2)3)7-9-12-10-8-11;;/h12H,4-10H2,1-3H3;2*1H. The van der Waals surface area contributed by atoms with Gasteiger partial charge in [0.15, 0.2) is 0 Å². The molecule has 0 spiro atoms. The minimum absolute atomic E-state index is 0. The molecule has 0 saturated carbocycles. The van der Waals surface area contributed by atoms with E-state index in [9.17, 15) is 0 Å². The van der Waals surface area contributed by atoms with E-state index in [4.69, 9.17) is 0 Å². The Morgan fingerprint density at radius 3 is 2.07 bits per heavy atom. The Hall–Kier alpha value is 0.500. The zero-order valence-electron chi connectivity index (χ0n) is 10.2. The first-order chi connectivity index (χ1) is 6.21. The van der Waals surface area contributed by atoms with Crippen LogP contribution in [0.15, 0.2) is 0 Å². The highest BCUT2D eigenvalue weighted by Gasteiger charge is 2.32. The Morgan fingerprint density at radius 2 is 1.67 bits per heavy atom. The van der Waals surface area contributed by atoms with Crippen molar-refractivity contribution in [3.63, 3.8) is 0 Å². The van der Waals surface area contributed by atoms with E-state index >= 15 is 0 Å². The largest absolute Gasteiger partial charge is 0.317 e. The molecule has 0 amide bonds. The maximum atomic E-state index is 3.44. The molecule has 2 nitrogen and oxygen atoms in total. The van der Waals surface area contributed by atoms with E-state index in [1.54, 1.807) is 0 Å². The molecule has 0 aromatic carbocycles. The van der Waals surface area contributed by atoms with E-state index in [2.05, 4.69) is 31.2 Å². The van der Waals surface area contributed by atoms with Crippen molar-refractivity contribution in [1.29, 1.82) is 0 Å². The minimum atomic E-state index is 0. The molecule has 0 aliphatic carbocycles. The van der Waals surface area contributed by atoms with Crippen LogP contribution in [0.1, 0.15) is 39.0 Å². The molecule has 4 heteroatoms. The molecule has 1 N–H and O–H groups in total. The van der Waals surface area contributed by atoms with Crippen molar-refractivity contribution in [3.8, 4) is 0 Å². The quantitative estimate of drug-likeness (QED) is 0.833. The van der Waals surface area contributed by atoms with Crippen LogP contribution in [0.2, 0.25) is 0 Å². The Balaban J connectivity index is 0. The fourth-order valence-electron chi connectivity index (χ4n) is 2.32. The first-order valence-corrected chi connectivity index (χ1v) is 5.59. The van der Waals surface area contributed by atoms with Crippen LogP contribution in [0.4, 0.5) is 0 Å². The molecule has 1 aliphatic heterocycles. The van der Waals surface area contributed by atoms with E-state index < -0.39 is 0 Å². The normalized spacial score (nSPS) is 19.2. The lowest BCUT2D eigenvalue weighted by atomic mass is 9.82. The molecule has 1 aliphatic rings. The molecule has 0 atom stereocenters. The summed E-state index contributed by atoms with van der Waals surface area (Å²) >= 11 is 0. The second kappa shape index (κ2) is 8.63. The van der Waals surface area contributed by atoms with Crippen molar-refractivity contribution >= 4 is 24.8 Å². The third kappa shape index (κ3) is 4.90. The van der Waals surface area contributed by atoms with Gasteiger partial charge in [-0.2, -0.15) is 0 Å². The molecule has 1 rings (SSSR count). The molecule has 1 heterocycles. The number of nitrogens with zero attached hydrogens (tertiary/aromatic N) is 1. The van der Waals surface area contributed by atoms with Crippen molar-refractivity contribution in [1.82, 2.24) is 10.2 Å². The molecule has 0 aromatic heterocycles. The van der Waals surface area contributed by atoms with E-state index in [0.29, 0.717) is 5.54 Å². The van der Waals surface area contributed by atoms with Gasteiger partial charge < -0.3 is 10.2 Å². The van der Waals surface area contributed by atoms with Crippen LogP contribution in [0, 0.1) is 0 Å². The molecular weight excluding hydrogens is 231 g/mol. The highest BCUT2D eigenvalue weighted by atomic mass is 35.5. The summed E-state index contributed by atoms with van der Waals surface area (Å²) in [6, 6.07) is 0. The fourth-order valence-corrected chi connectivity index (χ4v) is 2.32. The zero-order chi connectivity index (χ0) is 9.73. The maximum absolute atomic E-state index is 3.44. The van der Waals surface area contributed by atoms with Crippen LogP contribution in [0.3, 0.4) is 0 Å². The molecule has 1 fully saturated rings. The molecule has 0 aromatic rings. The third-order valence-corrected chi connectivity index (χ3v) is 3.48. The molecular formula is C11H26Cl2N2. The molecule has 1 saturated heterocycles. The first-order valence-electron chi connectivity index (χ1n) is 5.59. The van der Waals surface area contributed by atoms with Gasteiger partial charge in [-0.1, -0.05) is 19.8 Å². The van der Waals surface area contributed by atoms with Gasteiger partial charge in [0.1, 0.15) is 0 Å². The van der Waals surface area contributed by atoms with Crippen molar-refractivity contribution < 1.29 is 0 Å². The van der Waals surface area contributed by atoms with Crippen molar-refractivity contribution in [2.24, 2.45) is 0 Å². The Kier molecular flexibility index (Phi) is 10.3. The van der Waals surface area contributed by atoms with Crippen LogP contribution < -0.4 is 5.32 Å². The monoisotopic (exact) mass is 256 g/mol. The van der Waals surface area contributed by atoms with Gasteiger partial charge >= 0.3 is 0 Å². The summed E-state index contributed by atoms with van der Waals surface area (Å²) in [7, 11) is 4.47. The highest BCUT2D eigenvalue weighted by molar-refractivity contribution is 5.85. The topological polar surface area (TPSA) is 15.3 Å². The first kappa shape index (κ1) is 17.9. The Bertz CT molecular complexity index is 146. The van der Waals surface area contributed by atoms with Crippen molar-refractivity contribution in [3.05, 3.63) is 0 Å². The Morgan fingerprint density at radius 1 is 1.13 bits per heavy atom. The van der Waals surface area contributed by atoms with Gasteiger partial charge in [-0.05, 0) is 46.4 Å². The number of rotatable bonds is 4. The SMILES string of the molecule is CCCCC1(N(C)C)CCNCC1.Cl.Cl. The lowest BCUT2D eigenvalue weighted by Crippen LogP contribution is -2.51. The summed E-state index contributed by atoms with van der Waals surface area (Å²) < 4.78 is 0. The lowest BCUT2D eigenvalue weighted by molar-refractivity contribution is 0.0954. The second-order valence-electron chi connectivity index (χ2n) is 4.47. The van der Waals surface area contributed by atoms with Gasteiger partial charge in [-0.25, -0.2) is 0 Å². The van der Waals surface area contributed by atoms with Gasteiger partial charge in [-0.15, -0.1) is 24.8 Å². The summed E-state index contributed by atoms with van der Waals surface area (Å²) in [6.45, 7) is 4.67. The number of unbranched alkanes of at least 4 members (excludes halogenated alkanes) is 1. The number of halogens is 2. The van der Waals surface area contributed by atoms with Crippen LogP contribution in [-0.4, -0.2) is 37.6 Å². The smallest absolute Gasteiger partial charge is 0.0227 e. The summed E-state index contributed by atoms with van der Waals surface area (Å²) in [6.07, 6.45) is 6.71. The van der Waals surface area contributed by atoms with Gasteiger partial charge in [-0.3, -0.25) is 0 Å². The van der Waals surface area contributed by atoms with Crippen LogP contribution in [0.5, 0.6) is 0 Å². The van der Waals surface area contributed by atoms with Gasteiger partial charge in [0, 0.05) is 5.54 Å². The van der Waals surface area contributed by atoms with Crippen molar-refractivity contribution in [2.75, 3.05) is 27.2 Å².